The third-order valence-corrected chi connectivity index (χ3v) is 4.94. The lowest BCUT2D eigenvalue weighted by Gasteiger charge is -2.07. The van der Waals surface area contributed by atoms with E-state index in [1.54, 1.807) is 14.2 Å². The highest BCUT2D eigenvalue weighted by atomic mass is 19.4. The lowest BCUT2D eigenvalue weighted by Crippen LogP contribution is -2.31. The van der Waals surface area contributed by atoms with E-state index in [1.165, 1.54) is 0 Å². The maximum Gasteiger partial charge on any atom is 0.490 e. The number of aromatic nitrogens is 2. The van der Waals surface area contributed by atoms with E-state index in [-0.39, 0.29) is 12.0 Å². The highest BCUT2D eigenvalue weighted by Gasteiger charge is 2.38. The van der Waals surface area contributed by atoms with Crippen LogP contribution in [0.1, 0.15) is 28.9 Å². The second-order valence-electron chi connectivity index (χ2n) is 8.07. The predicted octanol–water partition coefficient (Wildman–Crippen LogP) is 4.72. The summed E-state index contributed by atoms with van der Waals surface area (Å²) >= 11 is 0. The average Bonchev–Trinajstić information content (AvgIpc) is 2.94. The van der Waals surface area contributed by atoms with Crippen LogP contribution < -0.4 is 25.3 Å². The number of rotatable bonds is 11. The molecule has 0 spiro atoms. The Balaban J connectivity index is 0.000000745. The number of halogens is 3. The third-order valence-electron chi connectivity index (χ3n) is 4.94. The van der Waals surface area contributed by atoms with Crippen LogP contribution in [0.2, 0.25) is 0 Å². The van der Waals surface area contributed by atoms with Crippen molar-refractivity contribution < 1.29 is 37.3 Å². The molecule has 0 amide bonds. The van der Waals surface area contributed by atoms with E-state index in [2.05, 4.69) is 15.3 Å². The van der Waals surface area contributed by atoms with Crippen LogP contribution in [-0.4, -0.2) is 60.6 Å². The van der Waals surface area contributed by atoms with Crippen molar-refractivity contribution in [2.75, 3.05) is 27.4 Å². The number of methoxy groups -OCH3 is 2. The molecule has 41 heavy (non-hydrogen) atoms. The van der Waals surface area contributed by atoms with Gasteiger partial charge in [-0.2, -0.15) is 23.1 Å². The number of ether oxygens (including phenoxy) is 3. The molecule has 0 aliphatic rings. The number of hydrogen-bond donors (Lipinski definition) is 4. The van der Waals surface area contributed by atoms with E-state index >= 15 is 0 Å². The number of benzene rings is 2. The second-order valence-corrected chi connectivity index (χ2v) is 8.07. The van der Waals surface area contributed by atoms with Gasteiger partial charge in [0, 0.05) is 6.54 Å². The maximum absolute atomic E-state index is 10.6. The normalized spacial score (nSPS) is 11.0. The average molecular weight is 574 g/mol. The Labute approximate surface area is 234 Å². The molecule has 3 aromatic rings. The molecule has 5 N–H and O–H groups in total. The number of nitrogens with zero attached hydrogens (tertiary/aromatic N) is 2. The number of guanidine groups is 1. The van der Waals surface area contributed by atoms with Crippen LogP contribution in [0.5, 0.6) is 17.5 Å². The molecule has 0 bridgehead atoms. The van der Waals surface area contributed by atoms with E-state index in [0.717, 1.165) is 22.6 Å². The lowest BCUT2D eigenvalue weighted by molar-refractivity contribution is -0.192. The van der Waals surface area contributed by atoms with Crippen LogP contribution in [-0.2, 0) is 4.79 Å². The number of nitrogens with one attached hydrogen (secondary N) is 2. The molecule has 0 aliphatic heterocycles. The zero-order valence-electron chi connectivity index (χ0n) is 22.3. The summed E-state index contributed by atoms with van der Waals surface area (Å²) in [4.78, 5) is 17.9. The number of hydrogen-bond acceptors (Lipinski definition) is 7. The zero-order valence-corrected chi connectivity index (χ0v) is 22.3. The molecule has 0 saturated carbocycles. The van der Waals surface area contributed by atoms with Gasteiger partial charge in [0.15, 0.2) is 5.96 Å². The fourth-order valence-corrected chi connectivity index (χ4v) is 3.01. The highest BCUT2D eigenvalue weighted by Crippen LogP contribution is 2.18. The molecule has 0 radical (unpaired) electrons. The predicted molar refractivity (Wildman–Crippen MR) is 150 cm³/mol. The van der Waals surface area contributed by atoms with E-state index in [9.17, 15) is 13.2 Å². The highest BCUT2D eigenvalue weighted by molar-refractivity contribution is 5.74. The molecule has 1 heterocycles. The van der Waals surface area contributed by atoms with Crippen LogP contribution >= 0.6 is 0 Å². The smallest absolute Gasteiger partial charge is 0.490 e. The van der Waals surface area contributed by atoms with Gasteiger partial charge < -0.3 is 30.4 Å². The first kappa shape index (κ1) is 32.1. The first-order valence-corrected chi connectivity index (χ1v) is 12.0. The Kier molecular flexibility index (Phi) is 12.6. The SMILES string of the molecule is COc1cccc(C=Cc2cc(C=Cc3cccc(OC)c3)nc(OCCCNC(=N)N)n2)c1.O=C(O)C(F)(F)F. The van der Waals surface area contributed by atoms with Gasteiger partial charge in [0.2, 0.25) is 0 Å². The molecule has 218 valence electrons. The summed E-state index contributed by atoms with van der Waals surface area (Å²) in [6.45, 7) is 0.926. The van der Waals surface area contributed by atoms with Gasteiger partial charge in [-0.3, -0.25) is 5.41 Å². The quantitative estimate of drug-likeness (QED) is 0.145. The second kappa shape index (κ2) is 16.1. The summed E-state index contributed by atoms with van der Waals surface area (Å²) in [5, 5.41) is 17.1. The number of alkyl halides is 3. The van der Waals surface area contributed by atoms with E-state index in [4.69, 9.17) is 35.3 Å². The van der Waals surface area contributed by atoms with Crippen LogP contribution in [0.3, 0.4) is 0 Å². The first-order chi connectivity index (χ1) is 19.5. The Morgan fingerprint density at radius 2 is 1.44 bits per heavy atom. The van der Waals surface area contributed by atoms with Crippen LogP contribution in [0, 0.1) is 5.41 Å². The summed E-state index contributed by atoms with van der Waals surface area (Å²) in [5.41, 5.74) is 8.70. The molecule has 1 aromatic heterocycles. The molecular formula is C28H30F3N5O5. The van der Waals surface area contributed by atoms with E-state index in [0.29, 0.717) is 31.0 Å². The molecule has 10 nitrogen and oxygen atoms in total. The van der Waals surface area contributed by atoms with Crippen molar-refractivity contribution in [2.24, 2.45) is 5.73 Å². The zero-order chi connectivity index (χ0) is 30.3. The molecular weight excluding hydrogens is 543 g/mol. The molecule has 0 unspecified atom stereocenters. The minimum atomic E-state index is -5.08. The summed E-state index contributed by atoms with van der Waals surface area (Å²) in [5.74, 6) is -1.25. The van der Waals surface area contributed by atoms with Gasteiger partial charge in [-0.25, -0.2) is 4.79 Å². The van der Waals surface area contributed by atoms with Crippen molar-refractivity contribution in [3.63, 3.8) is 0 Å². The van der Waals surface area contributed by atoms with E-state index < -0.39 is 12.1 Å². The number of carbonyl (C=O) groups is 1. The van der Waals surface area contributed by atoms with Crippen LogP contribution in [0.4, 0.5) is 13.2 Å². The van der Waals surface area contributed by atoms with Gasteiger partial charge >= 0.3 is 18.2 Å². The molecule has 0 atom stereocenters. The largest absolute Gasteiger partial charge is 0.497 e. The Bertz CT molecular complexity index is 1290. The van der Waals surface area contributed by atoms with Gasteiger partial charge in [-0.05, 0) is 60.0 Å². The summed E-state index contributed by atoms with van der Waals surface area (Å²) in [6, 6.07) is 17.7. The number of aliphatic carboxylic acids is 1. The van der Waals surface area contributed by atoms with E-state index in [1.807, 2.05) is 78.9 Å². The number of carboxylic acids is 1. The van der Waals surface area contributed by atoms with Crippen LogP contribution in [0.25, 0.3) is 24.3 Å². The van der Waals surface area contributed by atoms with Gasteiger partial charge in [-0.1, -0.05) is 36.4 Å². The molecule has 13 heteroatoms. The van der Waals surface area contributed by atoms with Crippen LogP contribution in [0.15, 0.2) is 54.6 Å². The summed E-state index contributed by atoms with van der Waals surface area (Å²) in [6.07, 6.45) is 3.30. The van der Waals surface area contributed by atoms with Gasteiger partial charge in [0.05, 0.1) is 32.2 Å². The van der Waals surface area contributed by atoms with Gasteiger partial charge in [0.25, 0.3) is 0 Å². The Hall–Kier alpha value is -5.07. The minimum absolute atomic E-state index is 0.0640. The summed E-state index contributed by atoms with van der Waals surface area (Å²) < 4.78 is 48.1. The molecule has 0 saturated heterocycles. The fraction of sp³-hybridized carbons (Fsp3) is 0.214. The lowest BCUT2D eigenvalue weighted by atomic mass is 10.1. The first-order valence-electron chi connectivity index (χ1n) is 12.0. The van der Waals surface area contributed by atoms with Crippen molar-refractivity contribution in [3.8, 4) is 17.5 Å². The third kappa shape index (κ3) is 12.6. The van der Waals surface area contributed by atoms with Crippen molar-refractivity contribution in [1.82, 2.24) is 15.3 Å². The maximum atomic E-state index is 10.6. The van der Waals surface area contributed by atoms with Crippen molar-refractivity contribution in [1.29, 1.82) is 5.41 Å². The Morgan fingerprint density at radius 3 is 1.85 bits per heavy atom. The molecule has 3 rings (SSSR count). The molecule has 0 aliphatic carbocycles. The monoisotopic (exact) mass is 573 g/mol. The standard InChI is InChI=1S/C26H29N5O3.C2HF3O2/c1-32-23-8-3-6-19(16-23)10-12-21-18-22(13-11-20-7-4-9-24(17-20)33-2)31-26(30-21)34-15-5-14-29-25(27)28;3-2(4,5)1(6)7/h3-4,6-13,16-18H,5,14-15H2,1-2H3,(H4,27,28,29);(H,6,7). The van der Waals surface area contributed by atoms with Gasteiger partial charge in [0.1, 0.15) is 11.5 Å². The summed E-state index contributed by atoms with van der Waals surface area (Å²) in [7, 11) is 3.29. The number of nitrogens with two attached hydrogens (primary N) is 1. The van der Waals surface area contributed by atoms with Crippen molar-refractivity contribution in [3.05, 3.63) is 77.1 Å². The van der Waals surface area contributed by atoms with Crippen molar-refractivity contribution >= 4 is 36.2 Å². The topological polar surface area (TPSA) is 153 Å². The molecule has 2 aromatic carbocycles. The Morgan fingerprint density at radius 1 is 0.951 bits per heavy atom. The van der Waals surface area contributed by atoms with Crippen molar-refractivity contribution in [2.45, 2.75) is 12.6 Å². The number of carboxylic acid groups (broad SMARTS) is 1. The fourth-order valence-electron chi connectivity index (χ4n) is 3.01. The van der Waals surface area contributed by atoms with Gasteiger partial charge in [-0.15, -0.1) is 0 Å². The minimum Gasteiger partial charge on any atom is -0.497 e. The molecule has 0 fully saturated rings.